The average molecular weight is 425 g/mol. The highest BCUT2D eigenvalue weighted by molar-refractivity contribution is 6.08. The second kappa shape index (κ2) is 9.35. The maximum absolute atomic E-state index is 13.1. The highest BCUT2D eigenvalue weighted by Crippen LogP contribution is 2.27. The van der Waals surface area contributed by atoms with Gasteiger partial charge in [-0.25, -0.2) is 0 Å². The molecule has 0 bridgehead atoms. The van der Waals surface area contributed by atoms with Crippen molar-refractivity contribution in [1.29, 1.82) is 0 Å². The molecule has 1 heterocycles. The minimum atomic E-state index is -0.927. The predicted molar refractivity (Wildman–Crippen MR) is 125 cm³/mol. The SMILES string of the molecule is Cn1c(CC(=O)O)ccc1C(=O)c1cccc(NC(c2ccccc2)c2ccccc2)c1. The van der Waals surface area contributed by atoms with Crippen LogP contribution in [0.15, 0.2) is 97.1 Å². The van der Waals surface area contributed by atoms with Crippen LogP contribution in [0.1, 0.15) is 38.9 Å². The van der Waals surface area contributed by atoms with Crippen molar-refractivity contribution in [2.24, 2.45) is 7.05 Å². The molecule has 4 aromatic rings. The van der Waals surface area contributed by atoms with Crippen LogP contribution in [0.25, 0.3) is 0 Å². The number of ketones is 1. The molecule has 0 unspecified atom stereocenters. The molecule has 0 aliphatic heterocycles. The standard InChI is InChI=1S/C27H24N2O3/c1-29-23(18-25(30)31)15-16-24(29)27(32)21-13-8-14-22(17-21)28-26(19-9-4-2-5-10-19)20-11-6-3-7-12-20/h2-17,26,28H,18H2,1H3,(H,30,31). The molecule has 5 heteroatoms. The largest absolute Gasteiger partial charge is 0.481 e. The molecule has 0 aliphatic carbocycles. The van der Waals surface area contributed by atoms with Crippen LogP contribution in [-0.2, 0) is 18.3 Å². The summed E-state index contributed by atoms with van der Waals surface area (Å²) in [6.07, 6.45) is -0.124. The smallest absolute Gasteiger partial charge is 0.309 e. The lowest BCUT2D eigenvalue weighted by Crippen LogP contribution is -2.14. The fourth-order valence-electron chi connectivity index (χ4n) is 3.83. The minimum absolute atomic E-state index is 0.0695. The Hall–Kier alpha value is -4.12. The molecule has 0 aliphatic rings. The molecule has 0 radical (unpaired) electrons. The van der Waals surface area contributed by atoms with E-state index in [1.807, 2.05) is 54.6 Å². The Kier molecular flexibility index (Phi) is 6.17. The number of carbonyl (C=O) groups excluding carboxylic acids is 1. The summed E-state index contributed by atoms with van der Waals surface area (Å²) >= 11 is 0. The van der Waals surface area contributed by atoms with E-state index in [9.17, 15) is 9.59 Å². The van der Waals surface area contributed by atoms with E-state index in [0.717, 1.165) is 16.8 Å². The zero-order chi connectivity index (χ0) is 22.5. The molecule has 5 nitrogen and oxygen atoms in total. The van der Waals surface area contributed by atoms with Crippen LogP contribution < -0.4 is 5.32 Å². The summed E-state index contributed by atoms with van der Waals surface area (Å²) in [5.41, 5.74) is 4.66. The zero-order valence-electron chi connectivity index (χ0n) is 17.7. The Balaban J connectivity index is 1.63. The number of rotatable bonds is 8. The van der Waals surface area contributed by atoms with Crippen molar-refractivity contribution in [3.8, 4) is 0 Å². The van der Waals surface area contributed by atoms with Crippen molar-refractivity contribution in [2.75, 3.05) is 5.32 Å². The van der Waals surface area contributed by atoms with Gasteiger partial charge in [0.15, 0.2) is 0 Å². The van der Waals surface area contributed by atoms with Crippen LogP contribution in [0.5, 0.6) is 0 Å². The second-order valence-corrected chi connectivity index (χ2v) is 7.65. The summed E-state index contributed by atoms with van der Waals surface area (Å²) in [6, 6.07) is 31.0. The maximum Gasteiger partial charge on any atom is 0.309 e. The number of aromatic nitrogens is 1. The van der Waals surface area contributed by atoms with Gasteiger partial charge in [-0.2, -0.15) is 0 Å². The van der Waals surface area contributed by atoms with Crippen LogP contribution >= 0.6 is 0 Å². The Bertz CT molecular complexity index is 1190. The highest BCUT2D eigenvalue weighted by atomic mass is 16.4. The summed E-state index contributed by atoms with van der Waals surface area (Å²) in [4.78, 5) is 24.2. The van der Waals surface area contributed by atoms with Gasteiger partial charge >= 0.3 is 5.97 Å². The van der Waals surface area contributed by atoms with E-state index in [-0.39, 0.29) is 18.2 Å². The topological polar surface area (TPSA) is 71.3 Å². The van der Waals surface area contributed by atoms with Crippen LogP contribution in [-0.4, -0.2) is 21.4 Å². The molecule has 0 saturated heterocycles. The Morgan fingerprint density at radius 2 is 1.47 bits per heavy atom. The molecular formula is C27H24N2O3. The lowest BCUT2D eigenvalue weighted by molar-refractivity contribution is -0.136. The molecule has 1 aromatic heterocycles. The molecule has 0 amide bonds. The Labute approximate surface area is 187 Å². The van der Waals surface area contributed by atoms with Gasteiger partial charge in [0.1, 0.15) is 0 Å². The Morgan fingerprint density at radius 3 is 2.06 bits per heavy atom. The van der Waals surface area contributed by atoms with Crippen LogP contribution in [0.4, 0.5) is 5.69 Å². The molecule has 0 saturated carbocycles. The summed E-state index contributed by atoms with van der Waals surface area (Å²) in [5, 5.41) is 12.6. The van der Waals surface area contributed by atoms with Gasteiger partial charge in [0, 0.05) is 24.0 Å². The predicted octanol–water partition coefficient (Wildman–Crippen LogP) is 5.08. The van der Waals surface area contributed by atoms with Crippen LogP contribution in [0.2, 0.25) is 0 Å². The first-order valence-corrected chi connectivity index (χ1v) is 10.4. The lowest BCUT2D eigenvalue weighted by atomic mass is 9.98. The third-order valence-electron chi connectivity index (χ3n) is 5.49. The van der Waals surface area contributed by atoms with Gasteiger partial charge in [-0.1, -0.05) is 72.8 Å². The number of nitrogens with one attached hydrogen (secondary N) is 1. The quantitative estimate of drug-likeness (QED) is 0.387. The zero-order valence-corrected chi connectivity index (χ0v) is 17.7. The van der Waals surface area contributed by atoms with Crippen molar-refractivity contribution in [2.45, 2.75) is 12.5 Å². The van der Waals surface area contributed by atoms with Crippen molar-refractivity contribution in [3.05, 3.63) is 125 Å². The molecule has 0 fully saturated rings. The highest BCUT2D eigenvalue weighted by Gasteiger charge is 2.18. The van der Waals surface area contributed by atoms with E-state index >= 15 is 0 Å². The first-order chi connectivity index (χ1) is 15.5. The molecule has 0 atom stereocenters. The van der Waals surface area contributed by atoms with Gasteiger partial charge in [0.25, 0.3) is 0 Å². The third-order valence-corrected chi connectivity index (χ3v) is 5.49. The number of aliphatic carboxylic acids is 1. The number of nitrogens with zero attached hydrogens (tertiary/aromatic N) is 1. The minimum Gasteiger partial charge on any atom is -0.481 e. The fraction of sp³-hybridized carbons (Fsp3) is 0.111. The van der Waals surface area contributed by atoms with Gasteiger partial charge in [-0.05, 0) is 35.4 Å². The van der Waals surface area contributed by atoms with Crippen molar-refractivity contribution in [3.63, 3.8) is 0 Å². The maximum atomic E-state index is 13.1. The van der Waals surface area contributed by atoms with E-state index in [2.05, 4.69) is 29.6 Å². The van der Waals surface area contributed by atoms with E-state index in [1.54, 1.807) is 29.8 Å². The first kappa shape index (κ1) is 21.1. The number of carboxylic acid groups (broad SMARTS) is 1. The van der Waals surface area contributed by atoms with Gasteiger partial charge < -0.3 is 15.0 Å². The number of hydrogen-bond acceptors (Lipinski definition) is 3. The van der Waals surface area contributed by atoms with Gasteiger partial charge in [-0.3, -0.25) is 9.59 Å². The Morgan fingerprint density at radius 1 is 0.844 bits per heavy atom. The van der Waals surface area contributed by atoms with E-state index < -0.39 is 5.97 Å². The van der Waals surface area contributed by atoms with Crippen LogP contribution in [0.3, 0.4) is 0 Å². The third kappa shape index (κ3) is 4.62. The molecule has 160 valence electrons. The molecule has 3 aromatic carbocycles. The first-order valence-electron chi connectivity index (χ1n) is 10.4. The van der Waals surface area contributed by atoms with Crippen molar-refractivity contribution >= 4 is 17.4 Å². The van der Waals surface area contributed by atoms with Crippen molar-refractivity contribution in [1.82, 2.24) is 4.57 Å². The summed E-state index contributed by atoms with van der Waals surface area (Å²) in [6.45, 7) is 0. The lowest BCUT2D eigenvalue weighted by Gasteiger charge is -2.21. The number of hydrogen-bond donors (Lipinski definition) is 2. The van der Waals surface area contributed by atoms with Gasteiger partial charge in [0.2, 0.25) is 5.78 Å². The van der Waals surface area contributed by atoms with Gasteiger partial charge in [-0.15, -0.1) is 0 Å². The van der Waals surface area contributed by atoms with E-state index in [0.29, 0.717) is 17.0 Å². The number of carboxylic acids is 1. The normalized spacial score (nSPS) is 10.8. The van der Waals surface area contributed by atoms with Crippen LogP contribution in [0, 0.1) is 0 Å². The van der Waals surface area contributed by atoms with E-state index in [1.165, 1.54) is 0 Å². The molecule has 2 N–H and O–H groups in total. The molecule has 4 rings (SSSR count). The molecular weight excluding hydrogens is 400 g/mol. The van der Waals surface area contributed by atoms with Gasteiger partial charge in [0.05, 0.1) is 18.2 Å². The number of anilines is 1. The monoisotopic (exact) mass is 424 g/mol. The average Bonchev–Trinajstić information content (AvgIpc) is 3.17. The van der Waals surface area contributed by atoms with Crippen molar-refractivity contribution < 1.29 is 14.7 Å². The number of carbonyl (C=O) groups is 2. The molecule has 32 heavy (non-hydrogen) atoms. The molecule has 0 spiro atoms. The summed E-state index contributed by atoms with van der Waals surface area (Å²) in [7, 11) is 1.72. The summed E-state index contributed by atoms with van der Waals surface area (Å²) in [5.74, 6) is -1.08. The fourth-order valence-corrected chi connectivity index (χ4v) is 3.83. The summed E-state index contributed by atoms with van der Waals surface area (Å²) < 4.78 is 1.65. The van der Waals surface area contributed by atoms with E-state index in [4.69, 9.17) is 5.11 Å². The number of benzene rings is 3. The second-order valence-electron chi connectivity index (χ2n) is 7.65.